The van der Waals surface area contributed by atoms with Crippen molar-refractivity contribution >= 4 is 34.4 Å². The molecule has 1 aromatic carbocycles. The topological polar surface area (TPSA) is 165 Å². The molecule has 3 unspecified atom stereocenters. The first-order valence-corrected chi connectivity index (χ1v) is 12.8. The maximum Gasteiger partial charge on any atom is 0.268 e. The molecule has 1 saturated heterocycles. The third kappa shape index (κ3) is 6.95. The highest BCUT2D eigenvalue weighted by Crippen LogP contribution is 2.26. The van der Waals surface area contributed by atoms with Gasteiger partial charge in [0.15, 0.2) is 17.8 Å². The average Bonchev–Trinajstić information content (AvgIpc) is 3.67. The molecule has 39 heavy (non-hydrogen) atoms. The summed E-state index contributed by atoms with van der Waals surface area (Å²) in [4.78, 5) is 55.0. The molecule has 1 fully saturated rings. The summed E-state index contributed by atoms with van der Waals surface area (Å²) in [6.45, 7) is 4.02. The van der Waals surface area contributed by atoms with E-state index < -0.39 is 35.6 Å². The summed E-state index contributed by atoms with van der Waals surface area (Å²) in [6.07, 6.45) is 3.58. The number of aromatic amines is 1. The van der Waals surface area contributed by atoms with Gasteiger partial charge in [0.1, 0.15) is 30.3 Å². The second kappa shape index (κ2) is 12.5. The van der Waals surface area contributed by atoms with Crippen LogP contribution in [-0.2, 0) is 14.4 Å². The number of benzene rings is 1. The highest BCUT2D eigenvalue weighted by Gasteiger charge is 2.33. The van der Waals surface area contributed by atoms with Crippen LogP contribution in [0.15, 0.2) is 41.2 Å². The maximum absolute atomic E-state index is 13.4. The van der Waals surface area contributed by atoms with E-state index in [0.29, 0.717) is 25.1 Å². The van der Waals surface area contributed by atoms with Gasteiger partial charge >= 0.3 is 0 Å². The zero-order valence-electron chi connectivity index (χ0n) is 22.1. The van der Waals surface area contributed by atoms with Crippen LogP contribution in [0.3, 0.4) is 0 Å². The van der Waals surface area contributed by atoms with E-state index in [9.17, 15) is 19.2 Å². The summed E-state index contributed by atoms with van der Waals surface area (Å²) >= 11 is 0. The van der Waals surface area contributed by atoms with Crippen LogP contribution in [0.25, 0.3) is 10.9 Å². The van der Waals surface area contributed by atoms with Gasteiger partial charge in [0.2, 0.25) is 11.8 Å². The molecule has 0 bridgehead atoms. The van der Waals surface area contributed by atoms with Gasteiger partial charge in [-0.15, -0.1) is 0 Å². The number of hydrogen-bond acceptors (Lipinski definition) is 8. The van der Waals surface area contributed by atoms with Crippen molar-refractivity contribution < 1.29 is 33.2 Å². The van der Waals surface area contributed by atoms with Crippen molar-refractivity contribution in [2.45, 2.75) is 45.2 Å². The summed E-state index contributed by atoms with van der Waals surface area (Å²) in [5, 5.41) is 12.6. The lowest BCUT2D eigenvalue weighted by Gasteiger charge is -2.25. The van der Waals surface area contributed by atoms with Gasteiger partial charge in [-0.1, -0.05) is 25.1 Å². The van der Waals surface area contributed by atoms with Crippen LogP contribution in [0.1, 0.15) is 43.6 Å². The van der Waals surface area contributed by atoms with Gasteiger partial charge in [-0.25, -0.2) is 0 Å². The van der Waals surface area contributed by atoms with E-state index in [4.69, 9.17) is 14.0 Å². The van der Waals surface area contributed by atoms with E-state index in [0.717, 1.165) is 10.9 Å². The van der Waals surface area contributed by atoms with Gasteiger partial charge in [-0.05, 0) is 43.4 Å². The normalized spacial score (nSPS) is 16.5. The Hall–Kier alpha value is -4.35. The van der Waals surface area contributed by atoms with Crippen molar-refractivity contribution in [1.82, 2.24) is 26.1 Å². The summed E-state index contributed by atoms with van der Waals surface area (Å²) < 4.78 is 15.5. The minimum absolute atomic E-state index is 0.0653. The largest absolute Gasteiger partial charge is 0.496 e. The number of fused-ring (bicyclic) bond motifs is 1. The van der Waals surface area contributed by atoms with Crippen molar-refractivity contribution in [3.05, 3.63) is 42.4 Å². The van der Waals surface area contributed by atoms with Crippen LogP contribution in [-0.4, -0.2) is 66.0 Å². The lowest BCUT2D eigenvalue weighted by Crippen LogP contribution is -2.53. The van der Waals surface area contributed by atoms with Gasteiger partial charge in [-0.3, -0.25) is 19.2 Å². The van der Waals surface area contributed by atoms with Crippen LogP contribution >= 0.6 is 0 Å². The minimum Gasteiger partial charge on any atom is -0.496 e. The van der Waals surface area contributed by atoms with E-state index >= 15 is 0 Å². The quantitative estimate of drug-likeness (QED) is 0.256. The first-order chi connectivity index (χ1) is 18.7. The Morgan fingerprint density at radius 2 is 2.03 bits per heavy atom. The lowest BCUT2D eigenvalue weighted by molar-refractivity contribution is -0.131. The molecule has 4 N–H and O–H groups in total. The summed E-state index contributed by atoms with van der Waals surface area (Å²) in [5.74, 6) is -1.04. The summed E-state index contributed by atoms with van der Waals surface area (Å²) in [5.41, 5.74) is 0.992. The Balaban J connectivity index is 1.49. The van der Waals surface area contributed by atoms with Crippen molar-refractivity contribution in [3.8, 4) is 11.5 Å². The van der Waals surface area contributed by atoms with Crippen LogP contribution in [0.5, 0.6) is 11.5 Å². The Morgan fingerprint density at radius 3 is 2.69 bits per heavy atom. The first-order valence-electron chi connectivity index (χ1n) is 12.8. The molecule has 208 valence electrons. The molecule has 3 atom stereocenters. The van der Waals surface area contributed by atoms with E-state index in [1.165, 1.54) is 12.5 Å². The number of ketones is 1. The van der Waals surface area contributed by atoms with Gasteiger partial charge in [0.25, 0.3) is 5.91 Å². The molecule has 3 amide bonds. The molecule has 0 saturated carbocycles. The highest BCUT2D eigenvalue weighted by molar-refractivity contribution is 6.02. The molecule has 1 aliphatic rings. The number of methoxy groups -OCH3 is 1. The fourth-order valence-corrected chi connectivity index (χ4v) is 4.59. The second-order valence-electron chi connectivity index (χ2n) is 9.95. The van der Waals surface area contributed by atoms with Gasteiger partial charge in [0, 0.05) is 23.4 Å². The zero-order valence-corrected chi connectivity index (χ0v) is 22.1. The first kappa shape index (κ1) is 27.7. The predicted octanol–water partition coefficient (Wildman–Crippen LogP) is 1.97. The number of carbonyl (C=O) groups excluding carboxylic acids is 4. The number of amides is 3. The molecule has 4 rings (SSSR count). The van der Waals surface area contributed by atoms with E-state index in [-0.39, 0.29) is 36.3 Å². The monoisotopic (exact) mass is 539 g/mol. The fourth-order valence-electron chi connectivity index (χ4n) is 4.59. The zero-order chi connectivity index (χ0) is 27.9. The Labute approximate surface area is 225 Å². The molecule has 12 nitrogen and oxygen atoms in total. The number of ether oxygens (including phenoxy) is 2. The number of hydrogen-bond donors (Lipinski definition) is 4. The molecule has 0 radical (unpaired) electrons. The SMILES string of the molecule is COc1cccc2[nH]c(C(=O)NC(CC(C)C)C(=O)NC(CC3CCNC3=O)C(=O)COc3cnoc3)cc12. The van der Waals surface area contributed by atoms with Crippen molar-refractivity contribution in [2.75, 3.05) is 20.3 Å². The molecule has 12 heteroatoms. The standard InChI is InChI=1S/C27H33N5O7/c1-15(2)9-21(32-27(36)22-11-18-19(30-22)5-4-6-24(18)37-3)26(35)31-20(10-16-7-8-28-25(16)34)23(33)14-38-17-12-29-39-13-17/h4-6,11-13,15-16,20-21,30H,7-10,14H2,1-3H3,(H,28,34)(H,31,35)(H,32,36). The Bertz CT molecular complexity index is 1320. The van der Waals surface area contributed by atoms with Crippen molar-refractivity contribution in [3.63, 3.8) is 0 Å². The number of carbonyl (C=O) groups is 4. The third-order valence-corrected chi connectivity index (χ3v) is 6.60. The second-order valence-corrected chi connectivity index (χ2v) is 9.95. The summed E-state index contributed by atoms with van der Waals surface area (Å²) in [6, 6.07) is 5.18. The van der Waals surface area contributed by atoms with E-state index in [1.807, 2.05) is 26.0 Å². The van der Waals surface area contributed by atoms with E-state index in [1.54, 1.807) is 19.2 Å². The highest BCUT2D eigenvalue weighted by atomic mass is 16.5. The van der Waals surface area contributed by atoms with Crippen LogP contribution in [0.4, 0.5) is 0 Å². The van der Waals surface area contributed by atoms with Crippen molar-refractivity contribution in [1.29, 1.82) is 0 Å². The van der Waals surface area contributed by atoms with Gasteiger partial charge < -0.3 is 34.9 Å². The molecular formula is C27H33N5O7. The molecule has 2 aromatic heterocycles. The molecule has 0 aliphatic carbocycles. The smallest absolute Gasteiger partial charge is 0.268 e. The minimum atomic E-state index is -0.991. The van der Waals surface area contributed by atoms with Crippen molar-refractivity contribution in [2.24, 2.45) is 11.8 Å². The molecule has 1 aliphatic heterocycles. The van der Waals surface area contributed by atoms with Crippen LogP contribution in [0, 0.1) is 11.8 Å². The summed E-state index contributed by atoms with van der Waals surface area (Å²) in [7, 11) is 1.55. The van der Waals surface area contributed by atoms with Gasteiger partial charge in [-0.2, -0.15) is 0 Å². The molecular weight excluding hydrogens is 506 g/mol. The number of aromatic nitrogens is 2. The van der Waals surface area contributed by atoms with Gasteiger partial charge in [0.05, 0.1) is 13.2 Å². The number of H-pyrrole nitrogens is 1. The lowest BCUT2D eigenvalue weighted by atomic mass is 9.95. The average molecular weight is 540 g/mol. The number of Topliss-reactive ketones (excluding diaryl/α,β-unsaturated/α-hetero) is 1. The van der Waals surface area contributed by atoms with E-state index in [2.05, 4.69) is 26.1 Å². The fraction of sp³-hybridized carbons (Fsp3) is 0.444. The Morgan fingerprint density at radius 1 is 1.21 bits per heavy atom. The predicted molar refractivity (Wildman–Crippen MR) is 140 cm³/mol. The number of nitrogens with one attached hydrogen (secondary N) is 4. The van der Waals surface area contributed by atoms with Crippen LogP contribution in [0.2, 0.25) is 0 Å². The molecule has 0 spiro atoms. The number of nitrogens with zero attached hydrogens (tertiary/aromatic N) is 1. The molecule has 3 heterocycles. The Kier molecular flexibility index (Phi) is 8.84. The molecule has 3 aromatic rings. The van der Waals surface area contributed by atoms with Crippen LogP contribution < -0.4 is 25.4 Å². The third-order valence-electron chi connectivity index (χ3n) is 6.60. The number of rotatable bonds is 13. The maximum atomic E-state index is 13.4.